The van der Waals surface area contributed by atoms with Crippen LogP contribution in [-0.4, -0.2) is 42.6 Å². The van der Waals surface area contributed by atoms with Crippen LogP contribution in [0.5, 0.6) is 0 Å². The second-order valence-electron chi connectivity index (χ2n) is 7.52. The molecule has 0 spiro atoms. The Labute approximate surface area is 165 Å². The molecule has 2 aromatic carbocycles. The van der Waals surface area contributed by atoms with Crippen molar-refractivity contribution in [1.82, 2.24) is 15.1 Å². The van der Waals surface area contributed by atoms with Gasteiger partial charge < -0.3 is 5.32 Å². The van der Waals surface area contributed by atoms with Gasteiger partial charge in [-0.1, -0.05) is 24.3 Å². The molecule has 0 bridgehead atoms. The van der Waals surface area contributed by atoms with Crippen LogP contribution in [0, 0.1) is 0 Å². The SMILES string of the molecule is NS(=O)(=O)Cc1cccc(CN2CCC[C@H](Nc3ccc4[nH]ncc4c3)C2)c1. The van der Waals surface area contributed by atoms with Crippen molar-refractivity contribution in [3.8, 4) is 0 Å². The lowest BCUT2D eigenvalue weighted by Gasteiger charge is -2.33. The summed E-state index contributed by atoms with van der Waals surface area (Å²) in [5, 5.41) is 17.0. The van der Waals surface area contributed by atoms with Crippen molar-refractivity contribution in [3.63, 3.8) is 0 Å². The number of benzene rings is 2. The average Bonchev–Trinajstić information content (AvgIpc) is 3.09. The Morgan fingerprint density at radius 3 is 2.93 bits per heavy atom. The Morgan fingerprint density at radius 1 is 1.21 bits per heavy atom. The molecule has 4 rings (SSSR count). The molecule has 0 radical (unpaired) electrons. The van der Waals surface area contributed by atoms with Crippen molar-refractivity contribution >= 4 is 26.6 Å². The maximum atomic E-state index is 11.3. The molecule has 28 heavy (non-hydrogen) atoms. The van der Waals surface area contributed by atoms with Crippen LogP contribution in [-0.2, 0) is 22.3 Å². The van der Waals surface area contributed by atoms with E-state index in [9.17, 15) is 8.42 Å². The van der Waals surface area contributed by atoms with E-state index in [0.29, 0.717) is 6.04 Å². The van der Waals surface area contributed by atoms with Crippen molar-refractivity contribution in [2.24, 2.45) is 5.14 Å². The summed E-state index contributed by atoms with van der Waals surface area (Å²) in [5.41, 5.74) is 3.99. The van der Waals surface area contributed by atoms with E-state index in [0.717, 1.165) is 60.2 Å². The number of hydrogen-bond donors (Lipinski definition) is 3. The number of H-pyrrole nitrogens is 1. The molecule has 0 amide bonds. The van der Waals surface area contributed by atoms with Crippen LogP contribution >= 0.6 is 0 Å². The minimum atomic E-state index is -3.51. The van der Waals surface area contributed by atoms with E-state index in [1.165, 1.54) is 0 Å². The van der Waals surface area contributed by atoms with Crippen molar-refractivity contribution < 1.29 is 8.42 Å². The van der Waals surface area contributed by atoms with Gasteiger partial charge in [-0.3, -0.25) is 10.00 Å². The normalized spacial score (nSPS) is 18.4. The Bertz CT molecular complexity index is 1060. The maximum absolute atomic E-state index is 11.3. The predicted octanol–water partition coefficient (Wildman–Crippen LogP) is 2.43. The van der Waals surface area contributed by atoms with Crippen LogP contribution < -0.4 is 10.5 Å². The molecule has 0 saturated carbocycles. The highest BCUT2D eigenvalue weighted by atomic mass is 32.2. The van der Waals surface area contributed by atoms with Crippen LogP contribution in [0.25, 0.3) is 10.9 Å². The van der Waals surface area contributed by atoms with Gasteiger partial charge in [-0.05, 0) is 48.7 Å². The van der Waals surface area contributed by atoms with Crippen molar-refractivity contribution in [2.75, 3.05) is 18.4 Å². The summed E-state index contributed by atoms with van der Waals surface area (Å²) < 4.78 is 22.7. The molecule has 1 aliphatic heterocycles. The van der Waals surface area contributed by atoms with Gasteiger partial charge in [0.1, 0.15) is 0 Å². The first-order valence-corrected chi connectivity index (χ1v) is 11.2. The van der Waals surface area contributed by atoms with Gasteiger partial charge in [0.15, 0.2) is 0 Å². The summed E-state index contributed by atoms with van der Waals surface area (Å²) in [6, 6.07) is 14.3. The first-order chi connectivity index (χ1) is 13.4. The van der Waals surface area contributed by atoms with Gasteiger partial charge in [-0.2, -0.15) is 5.10 Å². The third-order valence-electron chi connectivity index (χ3n) is 5.08. The third-order valence-corrected chi connectivity index (χ3v) is 5.82. The lowest BCUT2D eigenvalue weighted by atomic mass is 10.0. The molecule has 0 unspecified atom stereocenters. The highest BCUT2D eigenvalue weighted by Gasteiger charge is 2.20. The molecular formula is C20H25N5O2S. The van der Waals surface area contributed by atoms with Crippen molar-refractivity contribution in [2.45, 2.75) is 31.2 Å². The quantitative estimate of drug-likeness (QED) is 0.591. The lowest BCUT2D eigenvalue weighted by molar-refractivity contribution is 0.208. The monoisotopic (exact) mass is 399 g/mol. The van der Waals surface area contributed by atoms with Gasteiger partial charge in [0.2, 0.25) is 10.0 Å². The van der Waals surface area contributed by atoms with E-state index < -0.39 is 10.0 Å². The molecule has 4 N–H and O–H groups in total. The summed E-state index contributed by atoms with van der Waals surface area (Å²) >= 11 is 0. The lowest BCUT2D eigenvalue weighted by Crippen LogP contribution is -2.41. The number of rotatable bonds is 6. The molecule has 1 aromatic heterocycles. The molecule has 1 atom stereocenters. The number of aromatic amines is 1. The van der Waals surface area contributed by atoms with Gasteiger partial charge in [0, 0.05) is 30.2 Å². The summed E-state index contributed by atoms with van der Waals surface area (Å²) in [6.45, 7) is 2.79. The first-order valence-electron chi connectivity index (χ1n) is 9.45. The van der Waals surface area contributed by atoms with E-state index in [1.54, 1.807) is 6.07 Å². The van der Waals surface area contributed by atoms with Crippen LogP contribution in [0.1, 0.15) is 24.0 Å². The molecule has 1 saturated heterocycles. The summed E-state index contributed by atoms with van der Waals surface area (Å²) in [6.07, 6.45) is 4.09. The minimum Gasteiger partial charge on any atom is -0.381 e. The number of piperidine rings is 1. The third kappa shape index (κ3) is 4.89. The van der Waals surface area contributed by atoms with E-state index in [4.69, 9.17) is 5.14 Å². The minimum absolute atomic E-state index is 0.124. The number of anilines is 1. The molecule has 1 fully saturated rings. The van der Waals surface area contributed by atoms with E-state index in [2.05, 4.69) is 32.5 Å². The van der Waals surface area contributed by atoms with Crippen LogP contribution in [0.4, 0.5) is 5.69 Å². The van der Waals surface area contributed by atoms with Crippen molar-refractivity contribution in [1.29, 1.82) is 0 Å². The smallest absolute Gasteiger partial charge is 0.213 e. The Morgan fingerprint density at radius 2 is 2.07 bits per heavy atom. The molecule has 1 aliphatic rings. The summed E-state index contributed by atoms with van der Waals surface area (Å²) in [4.78, 5) is 2.41. The summed E-state index contributed by atoms with van der Waals surface area (Å²) in [5.74, 6) is -0.124. The zero-order valence-corrected chi connectivity index (χ0v) is 16.5. The molecule has 148 valence electrons. The van der Waals surface area contributed by atoms with Gasteiger partial charge in [0.25, 0.3) is 0 Å². The molecule has 3 aromatic rings. The van der Waals surface area contributed by atoms with Crippen LogP contribution in [0.15, 0.2) is 48.7 Å². The van der Waals surface area contributed by atoms with E-state index in [1.807, 2.05) is 30.5 Å². The Kier molecular flexibility index (Phi) is 5.34. The number of nitrogens with two attached hydrogens (primary N) is 1. The van der Waals surface area contributed by atoms with Crippen LogP contribution in [0.2, 0.25) is 0 Å². The van der Waals surface area contributed by atoms with Crippen molar-refractivity contribution in [3.05, 3.63) is 59.8 Å². The van der Waals surface area contributed by atoms with Gasteiger partial charge >= 0.3 is 0 Å². The zero-order valence-electron chi connectivity index (χ0n) is 15.6. The number of aromatic nitrogens is 2. The molecule has 0 aliphatic carbocycles. The van der Waals surface area contributed by atoms with E-state index >= 15 is 0 Å². The second-order valence-corrected chi connectivity index (χ2v) is 9.13. The number of primary sulfonamides is 1. The molecule has 8 heteroatoms. The topological polar surface area (TPSA) is 104 Å². The Balaban J connectivity index is 1.39. The standard InChI is InChI=1S/C20H25N5O2S/c21-28(26,27)14-16-4-1-3-15(9-16)12-25-8-2-5-19(13-25)23-18-6-7-20-17(10-18)11-22-24-20/h1,3-4,6-7,9-11,19,23H,2,5,8,12-14H2,(H,22,24)(H2,21,26,27)/t19-/m0/s1. The molecular weight excluding hydrogens is 374 g/mol. The van der Waals surface area contributed by atoms with Crippen LogP contribution in [0.3, 0.4) is 0 Å². The largest absolute Gasteiger partial charge is 0.381 e. The first kappa shape index (κ1) is 18.9. The maximum Gasteiger partial charge on any atom is 0.213 e. The molecule has 7 nitrogen and oxygen atoms in total. The summed E-state index contributed by atoms with van der Waals surface area (Å²) in [7, 11) is -3.51. The van der Waals surface area contributed by atoms with Gasteiger partial charge in [0.05, 0.1) is 17.5 Å². The number of nitrogens with zero attached hydrogens (tertiary/aromatic N) is 2. The number of fused-ring (bicyclic) bond motifs is 1. The average molecular weight is 400 g/mol. The number of hydrogen-bond acceptors (Lipinski definition) is 5. The molecule has 2 heterocycles. The Hall–Kier alpha value is -2.42. The number of sulfonamides is 1. The second kappa shape index (κ2) is 7.90. The number of likely N-dealkylation sites (tertiary alicyclic amines) is 1. The fraction of sp³-hybridized carbons (Fsp3) is 0.350. The highest BCUT2D eigenvalue weighted by Crippen LogP contribution is 2.21. The van der Waals surface area contributed by atoms with Gasteiger partial charge in [-0.25, -0.2) is 13.6 Å². The predicted molar refractivity (Wildman–Crippen MR) is 111 cm³/mol. The zero-order chi connectivity index (χ0) is 19.6. The van der Waals surface area contributed by atoms with E-state index in [-0.39, 0.29) is 5.75 Å². The highest BCUT2D eigenvalue weighted by molar-refractivity contribution is 7.88. The number of nitrogens with one attached hydrogen (secondary N) is 2. The van der Waals surface area contributed by atoms with Gasteiger partial charge in [-0.15, -0.1) is 0 Å². The fourth-order valence-electron chi connectivity index (χ4n) is 3.89. The fourth-order valence-corrected chi connectivity index (χ4v) is 4.54.